The van der Waals surface area contributed by atoms with Crippen molar-refractivity contribution < 1.29 is 19.4 Å². The Balaban J connectivity index is 2.18. The third-order valence-electron chi connectivity index (χ3n) is 4.62. The van der Waals surface area contributed by atoms with Crippen LogP contribution in [0, 0.1) is 6.92 Å². The first kappa shape index (κ1) is 17.2. The Labute approximate surface area is 146 Å². The zero-order chi connectivity index (χ0) is 18.0. The zero-order valence-corrected chi connectivity index (χ0v) is 14.3. The third-order valence-corrected chi connectivity index (χ3v) is 4.62. The highest BCUT2D eigenvalue weighted by Crippen LogP contribution is 2.42. The molecule has 0 radical (unpaired) electrons. The SMILES string of the molecule is COCCN1C(=O)c2ccccc2[C@H](C(=O)O)[C@@H]1c1cccc(C)c1. The number of hydrogen-bond donors (Lipinski definition) is 1. The van der Waals surface area contributed by atoms with E-state index in [1.807, 2.05) is 31.2 Å². The van der Waals surface area contributed by atoms with E-state index in [0.717, 1.165) is 11.1 Å². The molecule has 2 aromatic carbocycles. The molecule has 5 nitrogen and oxygen atoms in total. The Hall–Kier alpha value is -2.66. The van der Waals surface area contributed by atoms with Crippen molar-refractivity contribution in [1.29, 1.82) is 0 Å². The predicted molar refractivity (Wildman–Crippen MR) is 93.7 cm³/mol. The van der Waals surface area contributed by atoms with Crippen LogP contribution in [0.25, 0.3) is 0 Å². The van der Waals surface area contributed by atoms with Crippen LogP contribution in [0.2, 0.25) is 0 Å². The van der Waals surface area contributed by atoms with Crippen molar-refractivity contribution in [1.82, 2.24) is 4.90 Å². The number of methoxy groups -OCH3 is 1. The molecule has 25 heavy (non-hydrogen) atoms. The van der Waals surface area contributed by atoms with Crippen molar-refractivity contribution in [3.63, 3.8) is 0 Å². The van der Waals surface area contributed by atoms with Crippen LogP contribution in [-0.4, -0.2) is 42.1 Å². The first-order valence-corrected chi connectivity index (χ1v) is 8.22. The molecule has 0 bridgehead atoms. The van der Waals surface area contributed by atoms with Gasteiger partial charge in [-0.1, -0.05) is 48.0 Å². The first-order valence-electron chi connectivity index (χ1n) is 8.22. The molecule has 0 aliphatic carbocycles. The molecule has 1 N–H and O–H groups in total. The van der Waals surface area contributed by atoms with Crippen LogP contribution in [0.1, 0.15) is 39.0 Å². The summed E-state index contributed by atoms with van der Waals surface area (Å²) in [6, 6.07) is 14.1. The molecule has 0 aromatic heterocycles. The number of carboxylic acid groups (broad SMARTS) is 1. The van der Waals surface area contributed by atoms with Crippen molar-refractivity contribution in [2.24, 2.45) is 0 Å². The van der Waals surface area contributed by atoms with E-state index in [4.69, 9.17) is 4.74 Å². The lowest BCUT2D eigenvalue weighted by Gasteiger charge is -2.40. The van der Waals surface area contributed by atoms with E-state index in [1.165, 1.54) is 0 Å². The Morgan fingerprint density at radius 2 is 1.96 bits per heavy atom. The van der Waals surface area contributed by atoms with Crippen molar-refractivity contribution in [2.45, 2.75) is 18.9 Å². The van der Waals surface area contributed by atoms with Gasteiger partial charge in [0.05, 0.1) is 12.6 Å². The Morgan fingerprint density at radius 3 is 2.64 bits per heavy atom. The molecular formula is C20H21NO4. The van der Waals surface area contributed by atoms with Crippen molar-refractivity contribution in [3.05, 3.63) is 70.8 Å². The summed E-state index contributed by atoms with van der Waals surface area (Å²) in [5, 5.41) is 9.95. The average molecular weight is 339 g/mol. The summed E-state index contributed by atoms with van der Waals surface area (Å²) in [6.45, 7) is 2.64. The molecule has 2 aromatic rings. The van der Waals surface area contributed by atoms with Crippen LogP contribution in [0.15, 0.2) is 48.5 Å². The minimum atomic E-state index is -0.936. The normalized spacial score (nSPS) is 19.6. The second-order valence-corrected chi connectivity index (χ2v) is 6.25. The van der Waals surface area contributed by atoms with Crippen LogP contribution in [0.4, 0.5) is 0 Å². The van der Waals surface area contributed by atoms with E-state index in [2.05, 4.69) is 0 Å². The number of ether oxygens (including phenoxy) is 1. The lowest BCUT2D eigenvalue weighted by atomic mass is 9.79. The van der Waals surface area contributed by atoms with E-state index in [9.17, 15) is 14.7 Å². The number of carboxylic acids is 1. The minimum Gasteiger partial charge on any atom is -0.481 e. The molecule has 0 unspecified atom stereocenters. The molecule has 0 saturated carbocycles. The summed E-state index contributed by atoms with van der Waals surface area (Å²) < 4.78 is 5.14. The van der Waals surface area contributed by atoms with Crippen molar-refractivity contribution in [3.8, 4) is 0 Å². The molecule has 5 heteroatoms. The first-order chi connectivity index (χ1) is 12.0. The summed E-state index contributed by atoms with van der Waals surface area (Å²) in [5.74, 6) is -1.90. The van der Waals surface area contributed by atoms with Gasteiger partial charge in [-0.15, -0.1) is 0 Å². The Morgan fingerprint density at radius 1 is 1.20 bits per heavy atom. The molecule has 0 fully saturated rings. The van der Waals surface area contributed by atoms with Crippen LogP contribution in [0.5, 0.6) is 0 Å². The highest BCUT2D eigenvalue weighted by molar-refractivity contribution is 6.00. The number of aryl methyl sites for hydroxylation is 1. The van der Waals surface area contributed by atoms with Gasteiger partial charge in [0.25, 0.3) is 5.91 Å². The van der Waals surface area contributed by atoms with Gasteiger partial charge in [-0.25, -0.2) is 0 Å². The standard InChI is InChI=1S/C20H21NO4/c1-13-6-5-7-14(12-13)18-17(20(23)24)15-8-3-4-9-16(15)19(22)21(18)10-11-25-2/h3-9,12,17-18H,10-11H2,1-2H3,(H,23,24)/t17-,18-/m0/s1. The molecule has 1 heterocycles. The molecule has 130 valence electrons. The summed E-state index contributed by atoms with van der Waals surface area (Å²) in [4.78, 5) is 26.8. The Kier molecular flexibility index (Phi) is 4.86. The smallest absolute Gasteiger partial charge is 0.313 e. The highest BCUT2D eigenvalue weighted by atomic mass is 16.5. The largest absolute Gasteiger partial charge is 0.481 e. The predicted octanol–water partition coefficient (Wildman–Crippen LogP) is 3.01. The van der Waals surface area contributed by atoms with Gasteiger partial charge in [0.1, 0.15) is 5.92 Å². The van der Waals surface area contributed by atoms with Gasteiger partial charge < -0.3 is 14.7 Å². The summed E-state index contributed by atoms with van der Waals surface area (Å²) in [7, 11) is 1.57. The number of hydrogen-bond acceptors (Lipinski definition) is 3. The van der Waals surface area contributed by atoms with E-state index in [-0.39, 0.29) is 5.91 Å². The average Bonchev–Trinajstić information content (AvgIpc) is 2.60. The molecule has 1 aliphatic heterocycles. The topological polar surface area (TPSA) is 66.8 Å². The quantitative estimate of drug-likeness (QED) is 0.909. The van der Waals surface area contributed by atoms with Gasteiger partial charge in [0, 0.05) is 19.2 Å². The number of amides is 1. The number of carbonyl (C=O) groups is 2. The van der Waals surface area contributed by atoms with E-state index < -0.39 is 17.9 Å². The van der Waals surface area contributed by atoms with Crippen LogP contribution in [0.3, 0.4) is 0 Å². The minimum absolute atomic E-state index is 0.156. The maximum absolute atomic E-state index is 13.0. The van der Waals surface area contributed by atoms with Gasteiger partial charge in [0.2, 0.25) is 0 Å². The molecule has 3 rings (SSSR count). The molecule has 1 amide bonds. The van der Waals surface area contributed by atoms with Crippen LogP contribution < -0.4 is 0 Å². The van der Waals surface area contributed by atoms with Gasteiger partial charge >= 0.3 is 5.97 Å². The second kappa shape index (κ2) is 7.07. The van der Waals surface area contributed by atoms with Gasteiger partial charge in [-0.3, -0.25) is 9.59 Å². The lowest BCUT2D eigenvalue weighted by Crippen LogP contribution is -2.46. The number of carbonyl (C=O) groups excluding carboxylic acids is 1. The Bertz CT molecular complexity index is 802. The second-order valence-electron chi connectivity index (χ2n) is 6.25. The fourth-order valence-corrected chi connectivity index (χ4v) is 3.52. The highest BCUT2D eigenvalue weighted by Gasteiger charge is 2.43. The van der Waals surface area contributed by atoms with E-state index in [0.29, 0.717) is 24.3 Å². The molecular weight excluding hydrogens is 318 g/mol. The van der Waals surface area contributed by atoms with E-state index in [1.54, 1.807) is 36.3 Å². The maximum atomic E-state index is 13.0. The van der Waals surface area contributed by atoms with E-state index >= 15 is 0 Å². The maximum Gasteiger partial charge on any atom is 0.313 e. The number of rotatable bonds is 5. The zero-order valence-electron chi connectivity index (χ0n) is 14.3. The molecule has 2 atom stereocenters. The fourth-order valence-electron chi connectivity index (χ4n) is 3.52. The van der Waals surface area contributed by atoms with Gasteiger partial charge in [0.15, 0.2) is 0 Å². The lowest BCUT2D eigenvalue weighted by molar-refractivity contribution is -0.140. The monoisotopic (exact) mass is 339 g/mol. The van der Waals surface area contributed by atoms with Crippen molar-refractivity contribution in [2.75, 3.05) is 20.3 Å². The summed E-state index contributed by atoms with van der Waals surface area (Å²) in [5.41, 5.74) is 2.88. The molecule has 0 saturated heterocycles. The van der Waals surface area contributed by atoms with Gasteiger partial charge in [-0.2, -0.15) is 0 Å². The molecule has 1 aliphatic rings. The van der Waals surface area contributed by atoms with Crippen LogP contribution in [-0.2, 0) is 9.53 Å². The van der Waals surface area contributed by atoms with Crippen molar-refractivity contribution >= 4 is 11.9 Å². The van der Waals surface area contributed by atoms with Crippen LogP contribution >= 0.6 is 0 Å². The fraction of sp³-hybridized carbons (Fsp3) is 0.300. The number of nitrogens with zero attached hydrogens (tertiary/aromatic N) is 1. The van der Waals surface area contributed by atoms with Gasteiger partial charge in [-0.05, 0) is 24.1 Å². The summed E-state index contributed by atoms with van der Waals surface area (Å²) in [6.07, 6.45) is 0. The number of fused-ring (bicyclic) bond motifs is 1. The summed E-state index contributed by atoms with van der Waals surface area (Å²) >= 11 is 0. The third kappa shape index (κ3) is 3.15. The molecule has 0 spiro atoms. The number of benzene rings is 2. The number of aliphatic carboxylic acids is 1.